The lowest BCUT2D eigenvalue weighted by molar-refractivity contribution is -0.130. The Kier molecular flexibility index (Phi) is 4.85. The number of carbonyl (C=O) groups is 1. The Morgan fingerprint density at radius 3 is 2.44 bits per heavy atom. The van der Waals surface area contributed by atoms with Gasteiger partial charge < -0.3 is 20.5 Å². The fraction of sp³-hybridized carbons (Fsp3) is 0.250. The van der Waals surface area contributed by atoms with Crippen LogP contribution in [-0.2, 0) is 4.79 Å². The summed E-state index contributed by atoms with van der Waals surface area (Å²) in [5, 5.41) is 4.02. The summed E-state index contributed by atoms with van der Waals surface area (Å²) in [5.41, 5.74) is 6.98. The van der Waals surface area contributed by atoms with Crippen LogP contribution in [0.25, 0.3) is 10.9 Å². The molecule has 0 spiro atoms. The number of carbonyl (C=O) groups excluding carboxylic acids is 1. The van der Waals surface area contributed by atoms with Gasteiger partial charge in [0.05, 0.1) is 12.6 Å². The summed E-state index contributed by atoms with van der Waals surface area (Å²) in [6, 6.07) is 11.5. The van der Waals surface area contributed by atoms with E-state index >= 15 is 0 Å². The Balaban J connectivity index is 2.06. The maximum absolute atomic E-state index is 11.6. The summed E-state index contributed by atoms with van der Waals surface area (Å²) < 4.78 is 11.2. The van der Waals surface area contributed by atoms with Crippen LogP contribution in [-0.4, -0.2) is 28.6 Å². The molecule has 140 valence electrons. The number of methoxy groups -OCH3 is 1. The van der Waals surface area contributed by atoms with Gasteiger partial charge in [0.15, 0.2) is 17.1 Å². The topological polar surface area (TPSA) is 99.4 Å². The maximum Gasteiger partial charge on any atom is 0.261 e. The first-order chi connectivity index (χ1) is 12.8. The van der Waals surface area contributed by atoms with E-state index in [4.69, 9.17) is 15.2 Å². The molecule has 27 heavy (non-hydrogen) atoms. The zero-order chi connectivity index (χ0) is 19.6. The first kappa shape index (κ1) is 18.4. The van der Waals surface area contributed by atoms with Crippen molar-refractivity contribution in [3.05, 3.63) is 48.3 Å². The van der Waals surface area contributed by atoms with Crippen LogP contribution >= 0.6 is 0 Å². The zero-order valence-corrected chi connectivity index (χ0v) is 15.7. The fourth-order valence-electron chi connectivity index (χ4n) is 2.50. The molecule has 7 heteroatoms. The van der Waals surface area contributed by atoms with E-state index in [1.54, 1.807) is 26.0 Å². The van der Waals surface area contributed by atoms with Crippen LogP contribution in [0, 0.1) is 6.92 Å². The number of ether oxygens (including phenoxy) is 2. The predicted octanol–water partition coefficient (Wildman–Crippen LogP) is 3.33. The highest BCUT2D eigenvalue weighted by molar-refractivity contribution is 5.93. The van der Waals surface area contributed by atoms with Gasteiger partial charge in [-0.1, -0.05) is 17.7 Å². The molecule has 0 radical (unpaired) electrons. The minimum absolute atomic E-state index is 0.385. The second-order valence-electron chi connectivity index (χ2n) is 6.71. The van der Waals surface area contributed by atoms with Gasteiger partial charge in [0, 0.05) is 17.1 Å². The molecule has 1 amide bonds. The summed E-state index contributed by atoms with van der Waals surface area (Å²) in [6.07, 6.45) is 1.48. The molecule has 1 heterocycles. The standard InChI is InChI=1S/C20H22N4O3/c1-12-5-7-13(8-6-12)24-18-14-9-17(27-20(2,3)19(21)25)16(26-4)10-15(14)22-11-23-18/h5-11H,1-4H3,(H2,21,25)(H,22,23,24). The summed E-state index contributed by atoms with van der Waals surface area (Å²) in [6.45, 7) is 5.23. The van der Waals surface area contributed by atoms with Gasteiger partial charge in [0.25, 0.3) is 5.91 Å². The highest BCUT2D eigenvalue weighted by Gasteiger charge is 2.29. The molecule has 0 saturated carbocycles. The minimum Gasteiger partial charge on any atom is -0.493 e. The van der Waals surface area contributed by atoms with E-state index in [-0.39, 0.29) is 0 Å². The third-order valence-electron chi connectivity index (χ3n) is 4.19. The van der Waals surface area contributed by atoms with Gasteiger partial charge in [0.1, 0.15) is 12.1 Å². The molecule has 0 aliphatic heterocycles. The van der Waals surface area contributed by atoms with E-state index in [1.807, 2.05) is 31.2 Å². The number of primary amides is 1. The summed E-state index contributed by atoms with van der Waals surface area (Å²) in [4.78, 5) is 20.3. The third-order valence-corrected chi connectivity index (χ3v) is 4.19. The van der Waals surface area contributed by atoms with Crippen molar-refractivity contribution in [1.82, 2.24) is 9.97 Å². The molecular formula is C20H22N4O3. The number of benzene rings is 2. The second kappa shape index (κ2) is 7.11. The van der Waals surface area contributed by atoms with Gasteiger partial charge in [-0.15, -0.1) is 0 Å². The molecule has 3 N–H and O–H groups in total. The molecule has 0 aliphatic rings. The van der Waals surface area contributed by atoms with Crippen LogP contribution in [0.1, 0.15) is 19.4 Å². The van der Waals surface area contributed by atoms with Gasteiger partial charge in [-0.2, -0.15) is 0 Å². The van der Waals surface area contributed by atoms with Crippen LogP contribution in [0.4, 0.5) is 11.5 Å². The smallest absolute Gasteiger partial charge is 0.261 e. The Labute approximate surface area is 157 Å². The average Bonchev–Trinajstić information content (AvgIpc) is 2.63. The van der Waals surface area contributed by atoms with Gasteiger partial charge in [-0.05, 0) is 39.0 Å². The quantitative estimate of drug-likeness (QED) is 0.694. The number of aromatic nitrogens is 2. The second-order valence-corrected chi connectivity index (χ2v) is 6.71. The van der Waals surface area contributed by atoms with Crippen LogP contribution in [0.3, 0.4) is 0 Å². The number of nitrogens with two attached hydrogens (primary N) is 1. The Hall–Kier alpha value is -3.35. The summed E-state index contributed by atoms with van der Waals surface area (Å²) in [7, 11) is 1.53. The van der Waals surface area contributed by atoms with Crippen molar-refractivity contribution in [2.75, 3.05) is 12.4 Å². The molecule has 0 unspecified atom stereocenters. The van der Waals surface area contributed by atoms with Crippen LogP contribution < -0.4 is 20.5 Å². The molecule has 7 nitrogen and oxygen atoms in total. The Morgan fingerprint density at radius 1 is 1.11 bits per heavy atom. The molecule has 2 aromatic carbocycles. The number of hydrogen-bond donors (Lipinski definition) is 2. The van der Waals surface area contributed by atoms with Crippen molar-refractivity contribution >= 4 is 28.3 Å². The normalized spacial score (nSPS) is 11.3. The van der Waals surface area contributed by atoms with Crippen molar-refractivity contribution in [3.8, 4) is 11.5 Å². The first-order valence-corrected chi connectivity index (χ1v) is 8.45. The average molecular weight is 366 g/mol. The number of nitrogens with one attached hydrogen (secondary N) is 1. The third kappa shape index (κ3) is 3.92. The van der Waals surface area contributed by atoms with Gasteiger partial charge in [-0.25, -0.2) is 9.97 Å². The minimum atomic E-state index is -1.19. The fourth-order valence-corrected chi connectivity index (χ4v) is 2.50. The number of nitrogens with zero attached hydrogens (tertiary/aromatic N) is 2. The molecule has 1 aromatic heterocycles. The summed E-state index contributed by atoms with van der Waals surface area (Å²) in [5.74, 6) is 0.882. The molecule has 3 aromatic rings. The van der Waals surface area contributed by atoms with Crippen molar-refractivity contribution in [2.24, 2.45) is 5.73 Å². The zero-order valence-electron chi connectivity index (χ0n) is 15.7. The highest BCUT2D eigenvalue weighted by Crippen LogP contribution is 2.36. The van der Waals surface area contributed by atoms with E-state index in [0.29, 0.717) is 22.8 Å². The lowest BCUT2D eigenvalue weighted by Gasteiger charge is -2.24. The number of amides is 1. The SMILES string of the molecule is COc1cc2ncnc(Nc3ccc(C)cc3)c2cc1OC(C)(C)C(N)=O. The van der Waals surface area contributed by atoms with Gasteiger partial charge >= 0.3 is 0 Å². The molecule has 0 saturated heterocycles. The maximum atomic E-state index is 11.6. The molecule has 3 rings (SSSR count). The number of fused-ring (bicyclic) bond motifs is 1. The van der Waals surface area contributed by atoms with Crippen LogP contribution in [0.15, 0.2) is 42.7 Å². The van der Waals surface area contributed by atoms with Crippen molar-refractivity contribution in [1.29, 1.82) is 0 Å². The molecule has 0 atom stereocenters. The largest absolute Gasteiger partial charge is 0.493 e. The highest BCUT2D eigenvalue weighted by atomic mass is 16.5. The van der Waals surface area contributed by atoms with Crippen LogP contribution in [0.2, 0.25) is 0 Å². The molecular weight excluding hydrogens is 344 g/mol. The van der Waals surface area contributed by atoms with E-state index in [0.717, 1.165) is 11.1 Å². The molecule has 0 fully saturated rings. The first-order valence-electron chi connectivity index (χ1n) is 8.45. The number of hydrogen-bond acceptors (Lipinski definition) is 6. The van der Waals surface area contributed by atoms with Gasteiger partial charge in [0.2, 0.25) is 0 Å². The van der Waals surface area contributed by atoms with E-state index in [2.05, 4.69) is 15.3 Å². The number of anilines is 2. The van der Waals surface area contributed by atoms with Crippen LogP contribution in [0.5, 0.6) is 11.5 Å². The van der Waals surface area contributed by atoms with E-state index < -0.39 is 11.5 Å². The molecule has 0 bridgehead atoms. The Bertz CT molecular complexity index is 984. The van der Waals surface area contributed by atoms with E-state index in [1.165, 1.54) is 19.0 Å². The lowest BCUT2D eigenvalue weighted by atomic mass is 10.1. The number of rotatable bonds is 6. The van der Waals surface area contributed by atoms with Crippen molar-refractivity contribution in [2.45, 2.75) is 26.4 Å². The van der Waals surface area contributed by atoms with E-state index in [9.17, 15) is 4.79 Å². The lowest BCUT2D eigenvalue weighted by Crippen LogP contribution is -2.43. The summed E-state index contributed by atoms with van der Waals surface area (Å²) >= 11 is 0. The van der Waals surface area contributed by atoms with Gasteiger partial charge in [-0.3, -0.25) is 4.79 Å². The van der Waals surface area contributed by atoms with Crippen molar-refractivity contribution in [3.63, 3.8) is 0 Å². The predicted molar refractivity (Wildman–Crippen MR) is 104 cm³/mol. The Morgan fingerprint density at radius 2 is 1.81 bits per heavy atom. The van der Waals surface area contributed by atoms with Crippen molar-refractivity contribution < 1.29 is 14.3 Å². The number of aryl methyl sites for hydroxylation is 1. The monoisotopic (exact) mass is 366 g/mol. The molecule has 0 aliphatic carbocycles.